The standard InChI is InChI=1S/C19H27N3O5/c1-13(23)20-8-9-21-19(25)15-12-17(24)22(10-11-26-2)18(15)14-6-4-5-7-16(14)27-3/h4-7,15,18H,8-12H2,1-3H3,(H,20,23)(H,21,25)/t15-,18+/m1/s1. The van der Waals surface area contributed by atoms with Gasteiger partial charge >= 0.3 is 0 Å². The number of hydrogen-bond acceptors (Lipinski definition) is 5. The molecule has 27 heavy (non-hydrogen) atoms. The number of benzene rings is 1. The fourth-order valence-electron chi connectivity index (χ4n) is 3.33. The first-order valence-corrected chi connectivity index (χ1v) is 8.93. The number of hydrogen-bond donors (Lipinski definition) is 2. The van der Waals surface area contributed by atoms with Crippen LogP contribution in [0.2, 0.25) is 0 Å². The largest absolute Gasteiger partial charge is 0.496 e. The molecule has 8 heteroatoms. The van der Waals surface area contributed by atoms with E-state index in [-0.39, 0.29) is 24.1 Å². The van der Waals surface area contributed by atoms with Crippen molar-refractivity contribution in [2.75, 3.05) is 40.5 Å². The number of nitrogens with zero attached hydrogens (tertiary/aromatic N) is 1. The molecule has 1 fully saturated rings. The van der Waals surface area contributed by atoms with Crippen LogP contribution >= 0.6 is 0 Å². The number of amides is 3. The van der Waals surface area contributed by atoms with E-state index in [0.717, 1.165) is 5.56 Å². The highest BCUT2D eigenvalue weighted by molar-refractivity contribution is 5.90. The third-order valence-electron chi connectivity index (χ3n) is 4.56. The molecule has 0 saturated carbocycles. The van der Waals surface area contributed by atoms with Crippen molar-refractivity contribution in [3.05, 3.63) is 29.8 Å². The normalized spacial score (nSPS) is 19.1. The summed E-state index contributed by atoms with van der Waals surface area (Å²) in [6.07, 6.45) is 0.123. The number of carbonyl (C=O) groups is 3. The number of likely N-dealkylation sites (tertiary alicyclic amines) is 1. The second-order valence-corrected chi connectivity index (χ2v) is 6.35. The molecule has 0 unspecified atom stereocenters. The Balaban J connectivity index is 2.21. The molecule has 1 heterocycles. The van der Waals surface area contributed by atoms with Crippen LogP contribution in [0.3, 0.4) is 0 Å². The van der Waals surface area contributed by atoms with E-state index in [1.807, 2.05) is 24.3 Å². The molecule has 0 spiro atoms. The van der Waals surface area contributed by atoms with E-state index in [2.05, 4.69) is 10.6 Å². The van der Waals surface area contributed by atoms with E-state index in [0.29, 0.717) is 32.0 Å². The molecule has 1 aliphatic rings. The number of carbonyl (C=O) groups excluding carboxylic acids is 3. The average molecular weight is 377 g/mol. The summed E-state index contributed by atoms with van der Waals surface area (Å²) in [7, 11) is 3.14. The lowest BCUT2D eigenvalue weighted by atomic mass is 9.92. The van der Waals surface area contributed by atoms with E-state index in [9.17, 15) is 14.4 Å². The van der Waals surface area contributed by atoms with Crippen LogP contribution in [0.25, 0.3) is 0 Å². The second kappa shape index (κ2) is 9.91. The van der Waals surface area contributed by atoms with E-state index in [4.69, 9.17) is 9.47 Å². The third-order valence-corrected chi connectivity index (χ3v) is 4.56. The molecule has 148 valence electrons. The van der Waals surface area contributed by atoms with Gasteiger partial charge in [-0.2, -0.15) is 0 Å². The maximum absolute atomic E-state index is 12.8. The number of rotatable bonds is 9. The zero-order valence-electron chi connectivity index (χ0n) is 16.0. The van der Waals surface area contributed by atoms with Crippen LogP contribution in [-0.2, 0) is 19.1 Å². The number of methoxy groups -OCH3 is 2. The molecule has 1 aliphatic heterocycles. The van der Waals surface area contributed by atoms with Gasteiger partial charge in [-0.1, -0.05) is 18.2 Å². The molecule has 0 bridgehead atoms. The van der Waals surface area contributed by atoms with Gasteiger partial charge in [0.25, 0.3) is 0 Å². The summed E-state index contributed by atoms with van der Waals surface area (Å²) >= 11 is 0. The third kappa shape index (κ3) is 5.19. The maximum atomic E-state index is 12.8. The number of para-hydroxylation sites is 1. The molecular weight excluding hydrogens is 350 g/mol. The predicted molar refractivity (Wildman–Crippen MR) is 99.1 cm³/mol. The van der Waals surface area contributed by atoms with Crippen LogP contribution in [0.5, 0.6) is 5.75 Å². The minimum absolute atomic E-state index is 0.0926. The van der Waals surface area contributed by atoms with E-state index < -0.39 is 12.0 Å². The van der Waals surface area contributed by atoms with E-state index >= 15 is 0 Å². The molecule has 3 amide bonds. The zero-order valence-corrected chi connectivity index (χ0v) is 16.0. The lowest BCUT2D eigenvalue weighted by Gasteiger charge is -2.29. The van der Waals surface area contributed by atoms with Gasteiger partial charge in [0.15, 0.2) is 0 Å². The molecule has 2 rings (SSSR count). The second-order valence-electron chi connectivity index (χ2n) is 6.35. The lowest BCUT2D eigenvalue weighted by molar-refractivity contribution is -0.129. The van der Waals surface area contributed by atoms with Gasteiger partial charge in [-0.3, -0.25) is 14.4 Å². The SMILES string of the molecule is COCCN1C(=O)C[C@@H](C(=O)NCCNC(C)=O)[C@@H]1c1ccccc1OC. The van der Waals surface area contributed by atoms with Crippen LogP contribution in [-0.4, -0.2) is 63.1 Å². The summed E-state index contributed by atoms with van der Waals surface area (Å²) in [5.41, 5.74) is 0.795. The Hall–Kier alpha value is -2.61. The summed E-state index contributed by atoms with van der Waals surface area (Å²) in [5, 5.41) is 5.44. The van der Waals surface area contributed by atoms with Gasteiger partial charge in [0.2, 0.25) is 17.7 Å². The fraction of sp³-hybridized carbons (Fsp3) is 0.526. The highest BCUT2D eigenvalue weighted by Crippen LogP contribution is 2.41. The lowest BCUT2D eigenvalue weighted by Crippen LogP contribution is -2.39. The molecule has 2 atom stereocenters. The van der Waals surface area contributed by atoms with Crippen LogP contribution < -0.4 is 15.4 Å². The van der Waals surface area contributed by atoms with Crippen molar-refractivity contribution in [3.8, 4) is 5.75 Å². The first-order valence-electron chi connectivity index (χ1n) is 8.93. The molecule has 1 saturated heterocycles. The van der Waals surface area contributed by atoms with Gasteiger partial charge in [0, 0.05) is 45.7 Å². The summed E-state index contributed by atoms with van der Waals surface area (Å²) in [6, 6.07) is 6.98. The van der Waals surface area contributed by atoms with Gasteiger partial charge in [-0.25, -0.2) is 0 Å². The Bertz CT molecular complexity index is 679. The Morgan fingerprint density at radius 1 is 1.19 bits per heavy atom. The molecule has 1 aromatic rings. The smallest absolute Gasteiger partial charge is 0.226 e. The number of ether oxygens (including phenoxy) is 2. The monoisotopic (exact) mass is 377 g/mol. The van der Waals surface area contributed by atoms with Crippen molar-refractivity contribution in [2.45, 2.75) is 19.4 Å². The molecular formula is C19H27N3O5. The highest BCUT2D eigenvalue weighted by atomic mass is 16.5. The van der Waals surface area contributed by atoms with Crippen molar-refractivity contribution >= 4 is 17.7 Å². The van der Waals surface area contributed by atoms with Crippen molar-refractivity contribution < 1.29 is 23.9 Å². The Morgan fingerprint density at radius 2 is 1.89 bits per heavy atom. The molecule has 0 aromatic heterocycles. The molecule has 0 aliphatic carbocycles. The van der Waals surface area contributed by atoms with Crippen LogP contribution in [0.1, 0.15) is 24.9 Å². The van der Waals surface area contributed by atoms with Gasteiger partial charge in [0.05, 0.1) is 25.7 Å². The summed E-state index contributed by atoms with van der Waals surface area (Å²) in [4.78, 5) is 38.0. The number of nitrogens with one attached hydrogen (secondary N) is 2. The minimum Gasteiger partial charge on any atom is -0.496 e. The van der Waals surface area contributed by atoms with Gasteiger partial charge < -0.3 is 25.0 Å². The van der Waals surface area contributed by atoms with Crippen LogP contribution in [0, 0.1) is 5.92 Å². The van der Waals surface area contributed by atoms with Crippen LogP contribution in [0.4, 0.5) is 0 Å². The van der Waals surface area contributed by atoms with Gasteiger partial charge in [-0.15, -0.1) is 0 Å². The van der Waals surface area contributed by atoms with Crippen molar-refractivity contribution in [1.29, 1.82) is 0 Å². The maximum Gasteiger partial charge on any atom is 0.226 e. The van der Waals surface area contributed by atoms with Crippen molar-refractivity contribution in [2.24, 2.45) is 5.92 Å². The Labute approximate surface area is 159 Å². The average Bonchev–Trinajstić information content (AvgIpc) is 2.99. The molecule has 1 aromatic carbocycles. The fourth-order valence-corrected chi connectivity index (χ4v) is 3.33. The topological polar surface area (TPSA) is 97.0 Å². The quantitative estimate of drug-likeness (QED) is 0.610. The molecule has 0 radical (unpaired) electrons. The minimum atomic E-state index is -0.539. The van der Waals surface area contributed by atoms with E-state index in [1.54, 1.807) is 19.1 Å². The Kier molecular flexibility index (Phi) is 7.60. The first kappa shape index (κ1) is 20.7. The van der Waals surface area contributed by atoms with Gasteiger partial charge in [-0.05, 0) is 6.07 Å². The highest BCUT2D eigenvalue weighted by Gasteiger charge is 2.45. The summed E-state index contributed by atoms with van der Waals surface area (Å²) in [5.74, 6) is -0.369. The van der Waals surface area contributed by atoms with Crippen molar-refractivity contribution in [3.63, 3.8) is 0 Å². The first-order chi connectivity index (χ1) is 13.0. The van der Waals surface area contributed by atoms with E-state index in [1.165, 1.54) is 6.92 Å². The predicted octanol–water partition coefficient (Wildman–Crippen LogP) is 0.484. The van der Waals surface area contributed by atoms with Gasteiger partial charge in [0.1, 0.15) is 5.75 Å². The summed E-state index contributed by atoms with van der Waals surface area (Å²) < 4.78 is 10.6. The van der Waals surface area contributed by atoms with Crippen molar-refractivity contribution in [1.82, 2.24) is 15.5 Å². The van der Waals surface area contributed by atoms with Crippen LogP contribution in [0.15, 0.2) is 24.3 Å². The summed E-state index contributed by atoms with van der Waals surface area (Å²) in [6.45, 7) is 2.85. The zero-order chi connectivity index (χ0) is 19.8. The Morgan fingerprint density at radius 3 is 2.56 bits per heavy atom. The molecule has 2 N–H and O–H groups in total. The molecule has 8 nitrogen and oxygen atoms in total.